The number of nitrogens with zero attached hydrogens (tertiary/aromatic N) is 2. The summed E-state index contributed by atoms with van der Waals surface area (Å²) in [6, 6.07) is 9.92. The average Bonchev–Trinajstić information content (AvgIpc) is 2.92. The molecule has 0 aliphatic heterocycles. The summed E-state index contributed by atoms with van der Waals surface area (Å²) in [4.78, 5) is 23.2. The van der Waals surface area contributed by atoms with Crippen molar-refractivity contribution in [3.63, 3.8) is 0 Å². The molecular weight excluding hydrogens is 270 g/mol. The zero-order valence-electron chi connectivity index (χ0n) is 11.6. The maximum atomic E-state index is 12.5. The zero-order valence-corrected chi connectivity index (χ0v) is 11.6. The van der Waals surface area contributed by atoms with Gasteiger partial charge in [-0.25, -0.2) is 0 Å². The molecule has 2 unspecified atom stereocenters. The summed E-state index contributed by atoms with van der Waals surface area (Å²) in [5, 5.41) is 15.6. The quantitative estimate of drug-likeness (QED) is 0.842. The van der Waals surface area contributed by atoms with E-state index in [0.29, 0.717) is 0 Å². The van der Waals surface area contributed by atoms with Crippen LogP contribution in [-0.2, 0) is 9.59 Å². The first kappa shape index (κ1) is 14.8. The highest BCUT2D eigenvalue weighted by molar-refractivity contribution is 5.84. The van der Waals surface area contributed by atoms with Crippen LogP contribution in [0.25, 0.3) is 0 Å². The smallest absolute Gasteiger partial charge is 0.305 e. The highest BCUT2D eigenvalue weighted by atomic mass is 16.4. The molecule has 0 saturated heterocycles. The third kappa shape index (κ3) is 3.92. The summed E-state index contributed by atoms with van der Waals surface area (Å²) in [7, 11) is 0. The van der Waals surface area contributed by atoms with Crippen LogP contribution in [0.15, 0.2) is 48.8 Å². The molecule has 110 valence electrons. The Bertz CT molecular complexity index is 596. The molecule has 6 heteroatoms. The molecule has 2 rings (SSSR count). The molecule has 0 saturated carbocycles. The van der Waals surface area contributed by atoms with Crippen LogP contribution in [0.4, 0.5) is 0 Å². The van der Waals surface area contributed by atoms with Gasteiger partial charge in [-0.2, -0.15) is 5.10 Å². The average molecular weight is 287 g/mol. The van der Waals surface area contributed by atoms with Gasteiger partial charge in [-0.3, -0.25) is 14.3 Å². The molecule has 0 aliphatic rings. The summed E-state index contributed by atoms with van der Waals surface area (Å²) in [5.41, 5.74) is 0.793. The second-order valence-electron chi connectivity index (χ2n) is 4.81. The van der Waals surface area contributed by atoms with Gasteiger partial charge in [0, 0.05) is 18.4 Å². The fraction of sp³-hybridized carbons (Fsp3) is 0.267. The van der Waals surface area contributed by atoms with Gasteiger partial charge < -0.3 is 10.4 Å². The molecule has 0 radical (unpaired) electrons. The Morgan fingerprint density at radius 2 is 2.00 bits per heavy atom. The Balaban J connectivity index is 2.20. The fourth-order valence-corrected chi connectivity index (χ4v) is 2.13. The lowest BCUT2D eigenvalue weighted by Gasteiger charge is -2.20. The van der Waals surface area contributed by atoms with Gasteiger partial charge in [0.15, 0.2) is 6.04 Å². The van der Waals surface area contributed by atoms with Crippen molar-refractivity contribution in [2.45, 2.75) is 25.4 Å². The minimum absolute atomic E-state index is 0.119. The highest BCUT2D eigenvalue weighted by Gasteiger charge is 2.24. The first-order valence-electron chi connectivity index (χ1n) is 6.64. The lowest BCUT2D eigenvalue weighted by atomic mass is 10.1. The van der Waals surface area contributed by atoms with Crippen LogP contribution >= 0.6 is 0 Å². The molecule has 2 aromatic rings. The maximum absolute atomic E-state index is 12.5. The van der Waals surface area contributed by atoms with Crippen LogP contribution in [0.3, 0.4) is 0 Å². The van der Waals surface area contributed by atoms with Gasteiger partial charge in [0.05, 0.1) is 6.42 Å². The lowest BCUT2D eigenvalue weighted by molar-refractivity contribution is -0.137. The number of aromatic nitrogens is 2. The number of hydrogen-bond donors (Lipinski definition) is 2. The molecule has 21 heavy (non-hydrogen) atoms. The monoisotopic (exact) mass is 287 g/mol. The number of amides is 1. The van der Waals surface area contributed by atoms with Crippen LogP contribution in [0.1, 0.15) is 24.9 Å². The summed E-state index contributed by atoms with van der Waals surface area (Å²) < 4.78 is 1.55. The van der Waals surface area contributed by atoms with E-state index in [-0.39, 0.29) is 12.3 Å². The summed E-state index contributed by atoms with van der Waals surface area (Å²) in [6.45, 7) is 1.66. The van der Waals surface area contributed by atoms with Crippen LogP contribution in [0.2, 0.25) is 0 Å². The maximum Gasteiger partial charge on any atom is 0.305 e. The molecule has 0 spiro atoms. The number of benzene rings is 1. The summed E-state index contributed by atoms with van der Waals surface area (Å²) in [5.74, 6) is -1.23. The Labute approximate surface area is 122 Å². The van der Waals surface area contributed by atoms with E-state index < -0.39 is 18.1 Å². The zero-order chi connectivity index (χ0) is 15.2. The van der Waals surface area contributed by atoms with E-state index in [0.717, 1.165) is 5.56 Å². The van der Waals surface area contributed by atoms with Crippen molar-refractivity contribution in [3.05, 3.63) is 54.4 Å². The Kier molecular flexibility index (Phi) is 4.71. The molecule has 2 atom stereocenters. The van der Waals surface area contributed by atoms with E-state index in [1.165, 1.54) is 0 Å². The van der Waals surface area contributed by atoms with E-state index >= 15 is 0 Å². The Hall–Kier alpha value is -2.63. The minimum Gasteiger partial charge on any atom is -0.481 e. The standard InChI is InChI=1S/C15H17N3O3/c1-11(10-13(19)20)17-15(21)14(18-9-5-8-16-18)12-6-3-2-4-7-12/h2-9,11,14H,10H2,1H3,(H,17,21)(H,19,20). The van der Waals surface area contributed by atoms with E-state index in [1.54, 1.807) is 30.1 Å². The molecule has 0 aliphatic carbocycles. The van der Waals surface area contributed by atoms with Crippen molar-refractivity contribution in [1.82, 2.24) is 15.1 Å². The number of carbonyl (C=O) groups excluding carboxylic acids is 1. The molecule has 6 nitrogen and oxygen atoms in total. The van der Waals surface area contributed by atoms with Gasteiger partial charge in [-0.05, 0) is 18.6 Å². The molecular formula is C15H17N3O3. The second kappa shape index (κ2) is 6.69. The molecule has 1 aromatic heterocycles. The third-order valence-electron chi connectivity index (χ3n) is 3.02. The largest absolute Gasteiger partial charge is 0.481 e. The van der Waals surface area contributed by atoms with Gasteiger partial charge in [0.1, 0.15) is 0 Å². The van der Waals surface area contributed by atoms with E-state index in [2.05, 4.69) is 10.4 Å². The van der Waals surface area contributed by atoms with Gasteiger partial charge in [-0.1, -0.05) is 30.3 Å². The van der Waals surface area contributed by atoms with Gasteiger partial charge >= 0.3 is 5.97 Å². The van der Waals surface area contributed by atoms with Crippen molar-refractivity contribution >= 4 is 11.9 Å². The number of rotatable bonds is 6. The van der Waals surface area contributed by atoms with Crippen LogP contribution in [0.5, 0.6) is 0 Å². The number of carbonyl (C=O) groups is 2. The van der Waals surface area contributed by atoms with Crippen molar-refractivity contribution in [1.29, 1.82) is 0 Å². The van der Waals surface area contributed by atoms with Crippen molar-refractivity contribution in [2.75, 3.05) is 0 Å². The van der Waals surface area contributed by atoms with Gasteiger partial charge in [0.25, 0.3) is 0 Å². The predicted octanol–water partition coefficient (Wildman–Crippen LogP) is 1.45. The van der Waals surface area contributed by atoms with Crippen molar-refractivity contribution < 1.29 is 14.7 Å². The molecule has 1 aromatic carbocycles. The van der Waals surface area contributed by atoms with Crippen molar-refractivity contribution in [3.8, 4) is 0 Å². The lowest BCUT2D eigenvalue weighted by Crippen LogP contribution is -2.39. The number of carboxylic acids is 1. The summed E-state index contributed by atoms with van der Waals surface area (Å²) in [6.07, 6.45) is 3.19. The summed E-state index contributed by atoms with van der Waals surface area (Å²) >= 11 is 0. The van der Waals surface area contributed by atoms with Crippen LogP contribution in [0, 0.1) is 0 Å². The number of aliphatic carboxylic acids is 1. The number of carboxylic acid groups (broad SMARTS) is 1. The Morgan fingerprint density at radius 1 is 1.29 bits per heavy atom. The van der Waals surface area contributed by atoms with Crippen LogP contribution < -0.4 is 5.32 Å². The van der Waals surface area contributed by atoms with E-state index in [4.69, 9.17) is 5.11 Å². The highest BCUT2D eigenvalue weighted by Crippen LogP contribution is 2.17. The molecule has 1 heterocycles. The minimum atomic E-state index is -0.946. The normalized spacial score (nSPS) is 13.4. The number of hydrogen-bond acceptors (Lipinski definition) is 3. The SMILES string of the molecule is CC(CC(=O)O)NC(=O)C(c1ccccc1)n1cccn1. The number of nitrogens with one attached hydrogen (secondary N) is 1. The van der Waals surface area contributed by atoms with E-state index in [9.17, 15) is 9.59 Å². The van der Waals surface area contributed by atoms with Gasteiger partial charge in [-0.15, -0.1) is 0 Å². The topological polar surface area (TPSA) is 84.2 Å². The second-order valence-corrected chi connectivity index (χ2v) is 4.81. The Morgan fingerprint density at radius 3 is 2.57 bits per heavy atom. The molecule has 0 fully saturated rings. The van der Waals surface area contributed by atoms with Crippen LogP contribution in [-0.4, -0.2) is 32.8 Å². The predicted molar refractivity (Wildman–Crippen MR) is 76.7 cm³/mol. The molecule has 0 bridgehead atoms. The van der Waals surface area contributed by atoms with Crippen molar-refractivity contribution in [2.24, 2.45) is 0 Å². The molecule has 1 amide bonds. The fourth-order valence-electron chi connectivity index (χ4n) is 2.13. The third-order valence-corrected chi connectivity index (χ3v) is 3.02. The first-order valence-corrected chi connectivity index (χ1v) is 6.64. The molecule has 2 N–H and O–H groups in total. The van der Waals surface area contributed by atoms with Gasteiger partial charge in [0.2, 0.25) is 5.91 Å². The first-order chi connectivity index (χ1) is 10.1. The van der Waals surface area contributed by atoms with E-state index in [1.807, 2.05) is 30.3 Å².